The maximum Gasteiger partial charge on any atom is 0.323 e. The lowest BCUT2D eigenvalue weighted by molar-refractivity contribution is -0.137. The van der Waals surface area contributed by atoms with E-state index in [1.807, 2.05) is 6.92 Å². The summed E-state index contributed by atoms with van der Waals surface area (Å²) in [6.45, 7) is 2.42. The first-order chi connectivity index (χ1) is 8.10. The molecule has 5 heteroatoms. The molecule has 0 aliphatic carbocycles. The maximum atomic E-state index is 12.1. The summed E-state index contributed by atoms with van der Waals surface area (Å²) in [5, 5.41) is 8.74. The second kappa shape index (κ2) is 6.14. The van der Waals surface area contributed by atoms with Crippen LogP contribution in [0, 0.1) is 12.3 Å². The van der Waals surface area contributed by atoms with E-state index in [9.17, 15) is 9.59 Å². The minimum Gasteiger partial charge on any atom is -0.480 e. The van der Waals surface area contributed by atoms with Gasteiger partial charge in [0.1, 0.15) is 6.54 Å². The zero-order chi connectivity index (χ0) is 12.8. The lowest BCUT2D eigenvalue weighted by Crippen LogP contribution is -2.47. The molecule has 94 valence electrons. The minimum absolute atomic E-state index is 0.0397. The van der Waals surface area contributed by atoms with Crippen LogP contribution in [0.3, 0.4) is 0 Å². The Morgan fingerprint density at radius 3 is 2.82 bits per heavy atom. The second-order valence-electron chi connectivity index (χ2n) is 4.13. The minimum atomic E-state index is -1.04. The summed E-state index contributed by atoms with van der Waals surface area (Å²) in [6, 6.07) is -0.0359. The molecule has 0 aromatic carbocycles. The molecule has 1 N–H and O–H groups in total. The summed E-state index contributed by atoms with van der Waals surface area (Å²) in [5.41, 5.74) is 0. The van der Waals surface area contributed by atoms with Gasteiger partial charge in [0.05, 0.1) is 6.54 Å². The molecule has 1 unspecified atom stereocenters. The van der Waals surface area contributed by atoms with Crippen molar-refractivity contribution in [3.63, 3.8) is 0 Å². The average Bonchev–Trinajstić information content (AvgIpc) is 2.74. The predicted molar refractivity (Wildman–Crippen MR) is 63.5 cm³/mol. The van der Waals surface area contributed by atoms with Gasteiger partial charge >= 0.3 is 12.0 Å². The highest BCUT2D eigenvalue weighted by Crippen LogP contribution is 2.21. The van der Waals surface area contributed by atoms with E-state index in [1.54, 1.807) is 4.90 Å². The number of rotatable bonds is 4. The van der Waals surface area contributed by atoms with E-state index in [1.165, 1.54) is 4.90 Å². The number of urea groups is 1. The number of likely N-dealkylation sites (tertiary alicyclic amines) is 1. The highest BCUT2D eigenvalue weighted by Gasteiger charge is 2.30. The summed E-state index contributed by atoms with van der Waals surface area (Å²) in [7, 11) is 0. The first-order valence-corrected chi connectivity index (χ1v) is 5.81. The van der Waals surface area contributed by atoms with E-state index in [-0.39, 0.29) is 25.2 Å². The highest BCUT2D eigenvalue weighted by molar-refractivity contribution is 5.80. The van der Waals surface area contributed by atoms with Crippen molar-refractivity contribution < 1.29 is 14.7 Å². The molecule has 0 saturated carbocycles. The van der Waals surface area contributed by atoms with Gasteiger partial charge in [-0.2, -0.15) is 0 Å². The molecular weight excluding hydrogens is 220 g/mol. The molecule has 0 radical (unpaired) electrons. The number of carbonyl (C=O) groups is 2. The number of aliphatic carboxylic acids is 1. The van der Waals surface area contributed by atoms with Crippen molar-refractivity contribution >= 4 is 12.0 Å². The van der Waals surface area contributed by atoms with Crippen molar-refractivity contribution in [2.75, 3.05) is 19.6 Å². The van der Waals surface area contributed by atoms with Gasteiger partial charge in [0.25, 0.3) is 0 Å². The number of nitrogens with zero attached hydrogens (tertiary/aromatic N) is 2. The Kier molecular flexibility index (Phi) is 4.83. The van der Waals surface area contributed by atoms with Crippen LogP contribution >= 0.6 is 0 Å². The summed E-state index contributed by atoms with van der Waals surface area (Å²) in [5.74, 6) is 1.28. The third kappa shape index (κ3) is 3.38. The van der Waals surface area contributed by atoms with Crippen molar-refractivity contribution in [1.82, 2.24) is 9.80 Å². The number of carbonyl (C=O) groups excluding carboxylic acids is 1. The van der Waals surface area contributed by atoms with Crippen LogP contribution in [0.4, 0.5) is 4.79 Å². The molecule has 2 amide bonds. The fraction of sp³-hybridized carbons (Fsp3) is 0.667. The van der Waals surface area contributed by atoms with Crippen molar-refractivity contribution in [2.45, 2.75) is 32.2 Å². The number of amides is 2. The summed E-state index contributed by atoms with van der Waals surface area (Å²) >= 11 is 0. The van der Waals surface area contributed by atoms with Gasteiger partial charge in [-0.25, -0.2) is 4.79 Å². The Morgan fingerprint density at radius 2 is 2.29 bits per heavy atom. The lowest BCUT2D eigenvalue weighted by atomic mass is 10.2. The van der Waals surface area contributed by atoms with E-state index in [2.05, 4.69) is 5.92 Å². The van der Waals surface area contributed by atoms with E-state index in [0.717, 1.165) is 19.3 Å². The number of carboxylic acid groups (broad SMARTS) is 1. The SMILES string of the molecule is C#CCN(CC(=O)O)C(=O)N1CCCC1CC. The Morgan fingerprint density at radius 1 is 1.59 bits per heavy atom. The van der Waals surface area contributed by atoms with Gasteiger partial charge in [-0.05, 0) is 19.3 Å². The maximum absolute atomic E-state index is 12.1. The van der Waals surface area contributed by atoms with Crippen molar-refractivity contribution in [3.05, 3.63) is 0 Å². The Bertz CT molecular complexity index is 335. The van der Waals surface area contributed by atoms with Crippen LogP contribution in [0.1, 0.15) is 26.2 Å². The van der Waals surface area contributed by atoms with Crippen LogP contribution in [0.5, 0.6) is 0 Å². The standard InChI is InChI=1S/C12H18N2O3/c1-3-7-13(9-11(15)16)12(17)14-8-5-6-10(14)4-2/h1,10H,4-9H2,2H3,(H,15,16). The first kappa shape index (κ1) is 13.4. The van der Waals surface area contributed by atoms with Crippen LogP contribution in [0.15, 0.2) is 0 Å². The predicted octanol–water partition coefficient (Wildman–Crippen LogP) is 1.00. The van der Waals surface area contributed by atoms with Crippen LogP contribution in [0.2, 0.25) is 0 Å². The van der Waals surface area contributed by atoms with Gasteiger partial charge in [-0.15, -0.1) is 6.42 Å². The lowest BCUT2D eigenvalue weighted by Gasteiger charge is -2.29. The molecule has 1 aliphatic rings. The number of carboxylic acids is 1. The number of terminal acetylenes is 1. The third-order valence-corrected chi connectivity index (χ3v) is 2.97. The van der Waals surface area contributed by atoms with Gasteiger partial charge in [0.15, 0.2) is 0 Å². The smallest absolute Gasteiger partial charge is 0.323 e. The topological polar surface area (TPSA) is 60.9 Å². The highest BCUT2D eigenvalue weighted by atomic mass is 16.4. The van der Waals surface area contributed by atoms with Gasteiger partial charge in [-0.3, -0.25) is 4.79 Å². The summed E-state index contributed by atoms with van der Waals surface area (Å²) < 4.78 is 0. The molecule has 0 bridgehead atoms. The summed E-state index contributed by atoms with van der Waals surface area (Å²) in [6.07, 6.45) is 8.00. The fourth-order valence-corrected chi connectivity index (χ4v) is 2.16. The monoisotopic (exact) mass is 238 g/mol. The van der Waals surface area contributed by atoms with E-state index < -0.39 is 5.97 Å². The van der Waals surface area contributed by atoms with E-state index in [4.69, 9.17) is 11.5 Å². The van der Waals surface area contributed by atoms with Crippen LogP contribution in [0.25, 0.3) is 0 Å². The first-order valence-electron chi connectivity index (χ1n) is 5.81. The molecule has 1 fully saturated rings. The number of hydrogen-bond donors (Lipinski definition) is 1. The molecular formula is C12H18N2O3. The van der Waals surface area contributed by atoms with E-state index >= 15 is 0 Å². The zero-order valence-corrected chi connectivity index (χ0v) is 10.1. The normalized spacial score (nSPS) is 18.8. The van der Waals surface area contributed by atoms with Gasteiger partial charge in [0, 0.05) is 12.6 Å². The molecule has 0 aromatic rings. The van der Waals surface area contributed by atoms with Crippen LogP contribution in [-0.2, 0) is 4.79 Å². The van der Waals surface area contributed by atoms with Gasteiger partial charge < -0.3 is 14.9 Å². The van der Waals surface area contributed by atoms with Crippen LogP contribution < -0.4 is 0 Å². The molecule has 17 heavy (non-hydrogen) atoms. The molecule has 1 heterocycles. The number of hydrogen-bond acceptors (Lipinski definition) is 2. The quantitative estimate of drug-likeness (QED) is 0.743. The van der Waals surface area contributed by atoms with Crippen LogP contribution in [-0.4, -0.2) is 52.6 Å². The average molecular weight is 238 g/mol. The largest absolute Gasteiger partial charge is 0.480 e. The Hall–Kier alpha value is -1.70. The van der Waals surface area contributed by atoms with E-state index in [0.29, 0.717) is 6.54 Å². The molecule has 1 aliphatic heterocycles. The third-order valence-electron chi connectivity index (χ3n) is 2.97. The van der Waals surface area contributed by atoms with Crippen molar-refractivity contribution in [3.8, 4) is 12.3 Å². The molecule has 1 atom stereocenters. The zero-order valence-electron chi connectivity index (χ0n) is 10.1. The van der Waals surface area contributed by atoms with Crippen molar-refractivity contribution in [2.24, 2.45) is 0 Å². The molecule has 0 aromatic heterocycles. The Balaban J connectivity index is 2.70. The van der Waals surface area contributed by atoms with Gasteiger partial charge in [-0.1, -0.05) is 12.8 Å². The fourth-order valence-electron chi connectivity index (χ4n) is 2.16. The van der Waals surface area contributed by atoms with Gasteiger partial charge in [0.2, 0.25) is 0 Å². The molecule has 1 rings (SSSR count). The molecule has 0 spiro atoms. The second-order valence-corrected chi connectivity index (χ2v) is 4.13. The van der Waals surface area contributed by atoms with Crippen molar-refractivity contribution in [1.29, 1.82) is 0 Å². The Labute approximate surface area is 101 Å². The summed E-state index contributed by atoms with van der Waals surface area (Å²) in [4.78, 5) is 25.7. The molecule has 5 nitrogen and oxygen atoms in total. The molecule has 1 saturated heterocycles.